The van der Waals surface area contributed by atoms with Gasteiger partial charge in [-0.1, -0.05) is 30.7 Å². The van der Waals surface area contributed by atoms with Crippen LogP contribution in [0.1, 0.15) is 29.7 Å². The highest BCUT2D eigenvalue weighted by molar-refractivity contribution is 7.18. The number of fused-ring (bicyclic) bond motifs is 6. The monoisotopic (exact) mass is 449 g/mol. The Hall–Kier alpha value is -2.55. The Morgan fingerprint density at radius 1 is 1.06 bits per heavy atom. The SMILES string of the molecule is O=c1c2c3c(sc2nc2c4ccccc4c(NCCN4CCOCC4)nn12)CCCCC3. The summed E-state index contributed by atoms with van der Waals surface area (Å²) in [4.78, 5) is 23.2. The quantitative estimate of drug-likeness (QED) is 0.380. The van der Waals surface area contributed by atoms with Crippen LogP contribution in [0.3, 0.4) is 0 Å². The number of rotatable bonds is 4. The largest absolute Gasteiger partial charge is 0.379 e. The standard InChI is InChI=1S/C24H27N5O2S/c30-24-20-18-8-2-1-3-9-19(18)32-23(20)26-22-17-7-5-4-6-16(17)21(27-29(22)24)25-10-11-28-12-14-31-15-13-28/h4-7H,1-3,8-15H2,(H,25,27). The van der Waals surface area contributed by atoms with Crippen molar-refractivity contribution in [1.29, 1.82) is 0 Å². The predicted octanol–water partition coefficient (Wildman–Crippen LogP) is 3.47. The molecule has 8 heteroatoms. The molecule has 3 aromatic heterocycles. The van der Waals surface area contributed by atoms with Gasteiger partial charge in [-0.25, -0.2) is 4.98 Å². The number of aromatic nitrogens is 3. The van der Waals surface area contributed by atoms with Crippen LogP contribution in [0.15, 0.2) is 29.1 Å². The molecule has 4 heterocycles. The second-order valence-electron chi connectivity index (χ2n) is 8.67. The molecule has 1 fully saturated rings. The summed E-state index contributed by atoms with van der Waals surface area (Å²) in [5.41, 5.74) is 1.82. The minimum absolute atomic E-state index is 0.0358. The van der Waals surface area contributed by atoms with E-state index in [4.69, 9.17) is 14.8 Å². The molecule has 1 aromatic carbocycles. The summed E-state index contributed by atoms with van der Waals surface area (Å²) in [6.45, 7) is 5.18. The molecular weight excluding hydrogens is 422 g/mol. The van der Waals surface area contributed by atoms with E-state index in [0.717, 1.165) is 85.5 Å². The maximum atomic E-state index is 13.7. The van der Waals surface area contributed by atoms with Crippen LogP contribution in [0.5, 0.6) is 0 Å². The third-order valence-corrected chi connectivity index (χ3v) is 7.85. The normalized spacial score (nSPS) is 17.6. The van der Waals surface area contributed by atoms with Crippen LogP contribution < -0.4 is 10.9 Å². The van der Waals surface area contributed by atoms with Crippen LogP contribution in [-0.2, 0) is 17.6 Å². The molecule has 0 amide bonds. The Labute approximate surface area is 190 Å². The lowest BCUT2D eigenvalue weighted by Gasteiger charge is -2.26. The van der Waals surface area contributed by atoms with Crippen molar-refractivity contribution in [3.63, 3.8) is 0 Å². The maximum Gasteiger partial charge on any atom is 0.283 e. The third kappa shape index (κ3) is 3.46. The smallest absolute Gasteiger partial charge is 0.283 e. The zero-order valence-corrected chi connectivity index (χ0v) is 18.9. The molecule has 7 nitrogen and oxygen atoms in total. The van der Waals surface area contributed by atoms with E-state index in [1.807, 2.05) is 18.2 Å². The van der Waals surface area contributed by atoms with Crippen LogP contribution in [-0.4, -0.2) is 58.9 Å². The van der Waals surface area contributed by atoms with Crippen molar-refractivity contribution in [3.05, 3.63) is 45.1 Å². The second-order valence-corrected chi connectivity index (χ2v) is 9.76. The first kappa shape index (κ1) is 20.1. The number of hydrogen-bond donors (Lipinski definition) is 1. The number of hydrogen-bond acceptors (Lipinski definition) is 7. The van der Waals surface area contributed by atoms with Gasteiger partial charge in [-0.05, 0) is 31.2 Å². The average molecular weight is 450 g/mol. The van der Waals surface area contributed by atoms with E-state index in [9.17, 15) is 4.79 Å². The molecule has 0 bridgehead atoms. The summed E-state index contributed by atoms with van der Waals surface area (Å²) in [6, 6.07) is 8.10. The minimum atomic E-state index is -0.0358. The summed E-state index contributed by atoms with van der Waals surface area (Å²) in [5.74, 6) is 0.742. The number of thiophene rings is 1. The van der Waals surface area contributed by atoms with Crippen LogP contribution >= 0.6 is 11.3 Å². The molecule has 1 N–H and O–H groups in total. The van der Waals surface area contributed by atoms with E-state index >= 15 is 0 Å². The molecule has 6 rings (SSSR count). The predicted molar refractivity (Wildman–Crippen MR) is 129 cm³/mol. The highest BCUT2D eigenvalue weighted by Gasteiger charge is 2.21. The number of nitrogens with zero attached hydrogens (tertiary/aromatic N) is 4. The Kier molecular flexibility index (Phi) is 5.29. The van der Waals surface area contributed by atoms with Gasteiger partial charge in [-0.2, -0.15) is 4.52 Å². The highest BCUT2D eigenvalue weighted by atomic mass is 32.1. The molecule has 2 aliphatic rings. The van der Waals surface area contributed by atoms with Gasteiger partial charge in [0.15, 0.2) is 11.5 Å². The zero-order valence-electron chi connectivity index (χ0n) is 18.1. The molecule has 1 aliphatic heterocycles. The first-order valence-electron chi connectivity index (χ1n) is 11.6. The van der Waals surface area contributed by atoms with Gasteiger partial charge in [-0.15, -0.1) is 16.4 Å². The lowest BCUT2D eigenvalue weighted by atomic mass is 10.1. The molecule has 166 valence electrons. The summed E-state index contributed by atoms with van der Waals surface area (Å²) in [5, 5.41) is 11.0. The van der Waals surface area contributed by atoms with Crippen molar-refractivity contribution < 1.29 is 4.74 Å². The Bertz CT molecular complexity index is 1360. The van der Waals surface area contributed by atoms with Gasteiger partial charge in [0.2, 0.25) is 0 Å². The van der Waals surface area contributed by atoms with Gasteiger partial charge >= 0.3 is 0 Å². The molecule has 0 saturated carbocycles. The number of morpholine rings is 1. The van der Waals surface area contributed by atoms with E-state index in [1.165, 1.54) is 27.8 Å². The Balaban J connectivity index is 1.46. The van der Waals surface area contributed by atoms with Crippen LogP contribution in [0.25, 0.3) is 26.6 Å². The van der Waals surface area contributed by atoms with E-state index in [2.05, 4.69) is 16.3 Å². The van der Waals surface area contributed by atoms with Crippen molar-refractivity contribution in [3.8, 4) is 0 Å². The van der Waals surface area contributed by atoms with Crippen molar-refractivity contribution >= 4 is 43.8 Å². The van der Waals surface area contributed by atoms with Gasteiger partial charge in [0.25, 0.3) is 5.56 Å². The third-order valence-electron chi connectivity index (χ3n) is 6.66. The number of benzene rings is 1. The fourth-order valence-corrected chi connectivity index (χ4v) is 6.22. The molecule has 0 unspecified atom stereocenters. The number of anilines is 1. The van der Waals surface area contributed by atoms with E-state index in [-0.39, 0.29) is 5.56 Å². The van der Waals surface area contributed by atoms with Crippen LogP contribution in [0.2, 0.25) is 0 Å². The van der Waals surface area contributed by atoms with Crippen molar-refractivity contribution in [2.45, 2.75) is 32.1 Å². The molecule has 0 spiro atoms. The van der Waals surface area contributed by atoms with E-state index in [0.29, 0.717) is 5.65 Å². The Morgan fingerprint density at radius 3 is 2.75 bits per heavy atom. The zero-order chi connectivity index (χ0) is 21.5. The average Bonchev–Trinajstić information content (AvgIpc) is 3.01. The van der Waals surface area contributed by atoms with Crippen molar-refractivity contribution in [2.24, 2.45) is 0 Å². The molecule has 0 atom stereocenters. The van der Waals surface area contributed by atoms with Gasteiger partial charge < -0.3 is 10.1 Å². The Morgan fingerprint density at radius 2 is 1.88 bits per heavy atom. The molecule has 4 aromatic rings. The molecule has 0 radical (unpaired) electrons. The second kappa shape index (κ2) is 8.42. The van der Waals surface area contributed by atoms with Crippen LogP contribution in [0.4, 0.5) is 5.82 Å². The minimum Gasteiger partial charge on any atom is -0.379 e. The summed E-state index contributed by atoms with van der Waals surface area (Å²) < 4.78 is 6.97. The van der Waals surface area contributed by atoms with Gasteiger partial charge in [0, 0.05) is 41.8 Å². The highest BCUT2D eigenvalue weighted by Crippen LogP contribution is 2.34. The van der Waals surface area contributed by atoms with Crippen LogP contribution in [0, 0.1) is 0 Å². The lowest BCUT2D eigenvalue weighted by molar-refractivity contribution is 0.0398. The summed E-state index contributed by atoms with van der Waals surface area (Å²) in [7, 11) is 0. The van der Waals surface area contributed by atoms with Crippen molar-refractivity contribution in [1.82, 2.24) is 19.5 Å². The lowest BCUT2D eigenvalue weighted by Crippen LogP contribution is -2.39. The first-order valence-corrected chi connectivity index (χ1v) is 12.4. The van der Waals surface area contributed by atoms with E-state index < -0.39 is 0 Å². The summed E-state index contributed by atoms with van der Waals surface area (Å²) in [6.07, 6.45) is 5.58. The van der Waals surface area contributed by atoms with Gasteiger partial charge in [-0.3, -0.25) is 9.69 Å². The number of nitrogens with one attached hydrogen (secondary N) is 1. The summed E-state index contributed by atoms with van der Waals surface area (Å²) >= 11 is 1.70. The molecular formula is C24H27N5O2S. The number of aryl methyl sites for hydroxylation is 2. The first-order chi connectivity index (χ1) is 15.8. The fourth-order valence-electron chi connectivity index (χ4n) is 4.97. The maximum absolute atomic E-state index is 13.7. The van der Waals surface area contributed by atoms with Gasteiger partial charge in [0.05, 0.1) is 18.6 Å². The molecule has 32 heavy (non-hydrogen) atoms. The van der Waals surface area contributed by atoms with E-state index in [1.54, 1.807) is 11.3 Å². The molecule has 1 saturated heterocycles. The fraction of sp³-hybridized carbons (Fsp3) is 0.458. The van der Waals surface area contributed by atoms with Crippen molar-refractivity contribution in [2.75, 3.05) is 44.7 Å². The van der Waals surface area contributed by atoms with Gasteiger partial charge in [0.1, 0.15) is 4.83 Å². The molecule has 1 aliphatic carbocycles. The topological polar surface area (TPSA) is 71.8 Å². The number of ether oxygens (including phenoxy) is 1.